The second-order valence-corrected chi connectivity index (χ2v) is 5.74. The number of carbonyl (C=O) groups is 2. The van der Waals surface area contributed by atoms with Gasteiger partial charge in [-0.05, 0) is 44.2 Å². The molecule has 8 heteroatoms. The van der Waals surface area contributed by atoms with Crippen LogP contribution in [0.5, 0.6) is 0 Å². The maximum atomic E-state index is 12.1. The molecule has 0 saturated heterocycles. The van der Waals surface area contributed by atoms with E-state index in [-0.39, 0.29) is 12.3 Å². The first kappa shape index (κ1) is 18.4. The van der Waals surface area contributed by atoms with Crippen LogP contribution in [0.2, 0.25) is 0 Å². The zero-order valence-corrected chi connectivity index (χ0v) is 15.0. The van der Waals surface area contributed by atoms with E-state index >= 15 is 0 Å². The Morgan fingerprint density at radius 3 is 2.59 bits per heavy atom. The molecule has 0 radical (unpaired) electrons. The molecule has 3 aromatic rings. The van der Waals surface area contributed by atoms with Crippen molar-refractivity contribution in [3.63, 3.8) is 0 Å². The number of furan rings is 1. The van der Waals surface area contributed by atoms with E-state index < -0.39 is 5.97 Å². The first-order valence-corrected chi connectivity index (χ1v) is 8.50. The van der Waals surface area contributed by atoms with Crippen LogP contribution < -0.4 is 5.32 Å². The predicted octanol–water partition coefficient (Wildman–Crippen LogP) is 3.39. The number of hydrogen-bond acceptors (Lipinski definition) is 7. The lowest BCUT2D eigenvalue weighted by Crippen LogP contribution is -2.12. The van der Waals surface area contributed by atoms with Crippen LogP contribution in [0.15, 0.2) is 45.4 Å². The van der Waals surface area contributed by atoms with Gasteiger partial charge in [0.2, 0.25) is 11.8 Å². The molecule has 0 aliphatic rings. The fraction of sp³-hybridized carbons (Fsp3) is 0.263. The third kappa shape index (κ3) is 4.60. The fourth-order valence-corrected chi connectivity index (χ4v) is 2.42. The second-order valence-electron chi connectivity index (χ2n) is 5.74. The third-order valence-corrected chi connectivity index (χ3v) is 3.80. The average molecular weight is 369 g/mol. The summed E-state index contributed by atoms with van der Waals surface area (Å²) in [6.07, 6.45) is 2.05. The van der Waals surface area contributed by atoms with Crippen molar-refractivity contribution in [2.75, 3.05) is 11.9 Å². The molecule has 0 atom stereocenters. The molecule has 0 fully saturated rings. The highest BCUT2D eigenvalue weighted by atomic mass is 16.5. The number of nitrogens with one attached hydrogen (secondary N) is 1. The Bertz CT molecular complexity index is 927. The minimum absolute atomic E-state index is 0.186. The van der Waals surface area contributed by atoms with Gasteiger partial charge in [-0.2, -0.15) is 0 Å². The molecule has 0 unspecified atom stereocenters. The molecular formula is C19H19N3O5. The molecular weight excluding hydrogens is 350 g/mol. The van der Waals surface area contributed by atoms with Crippen LogP contribution in [0, 0.1) is 6.92 Å². The third-order valence-electron chi connectivity index (χ3n) is 3.80. The highest BCUT2D eigenvalue weighted by molar-refractivity contribution is 5.93. The van der Waals surface area contributed by atoms with Gasteiger partial charge in [0.15, 0.2) is 0 Å². The van der Waals surface area contributed by atoms with Crippen molar-refractivity contribution in [2.24, 2.45) is 0 Å². The van der Waals surface area contributed by atoms with Crippen LogP contribution in [-0.4, -0.2) is 28.7 Å². The summed E-state index contributed by atoms with van der Waals surface area (Å²) in [6, 6.07) is 8.25. The Balaban J connectivity index is 1.52. The first-order valence-electron chi connectivity index (χ1n) is 8.50. The quantitative estimate of drug-likeness (QED) is 0.636. The van der Waals surface area contributed by atoms with E-state index in [0.29, 0.717) is 41.8 Å². The van der Waals surface area contributed by atoms with Crippen LogP contribution in [0.1, 0.15) is 35.4 Å². The molecule has 2 aromatic heterocycles. The SMILES string of the molecule is CCOC(=O)c1ccc(NC(=O)CCc2nnc(-c3ccoc3C)o2)cc1. The number of nitrogens with zero attached hydrogens (tertiary/aromatic N) is 2. The molecule has 3 rings (SSSR count). The first-order chi connectivity index (χ1) is 13.1. The Morgan fingerprint density at radius 1 is 1.15 bits per heavy atom. The lowest BCUT2D eigenvalue weighted by atomic mass is 10.2. The topological polar surface area (TPSA) is 107 Å². The molecule has 27 heavy (non-hydrogen) atoms. The maximum absolute atomic E-state index is 12.1. The molecule has 2 heterocycles. The highest BCUT2D eigenvalue weighted by Gasteiger charge is 2.14. The number of esters is 1. The normalized spacial score (nSPS) is 10.6. The monoisotopic (exact) mass is 369 g/mol. The summed E-state index contributed by atoms with van der Waals surface area (Å²) in [5, 5.41) is 10.7. The van der Waals surface area contributed by atoms with Crippen LogP contribution in [0.3, 0.4) is 0 Å². The molecule has 1 amide bonds. The maximum Gasteiger partial charge on any atom is 0.338 e. The molecule has 1 N–H and O–H groups in total. The Labute approximate surface area is 155 Å². The lowest BCUT2D eigenvalue weighted by Gasteiger charge is -2.06. The van der Waals surface area contributed by atoms with Gasteiger partial charge in [0.1, 0.15) is 5.76 Å². The van der Waals surface area contributed by atoms with E-state index in [1.807, 2.05) is 0 Å². The summed E-state index contributed by atoms with van der Waals surface area (Å²) in [6.45, 7) is 3.87. The van der Waals surface area contributed by atoms with Crippen LogP contribution in [-0.2, 0) is 16.0 Å². The van der Waals surface area contributed by atoms with Crippen molar-refractivity contribution in [1.82, 2.24) is 10.2 Å². The van der Waals surface area contributed by atoms with Gasteiger partial charge < -0.3 is 18.9 Å². The molecule has 0 aliphatic heterocycles. The largest absolute Gasteiger partial charge is 0.469 e. The predicted molar refractivity (Wildman–Crippen MR) is 96.1 cm³/mol. The van der Waals surface area contributed by atoms with Crippen molar-refractivity contribution < 1.29 is 23.2 Å². The van der Waals surface area contributed by atoms with Gasteiger partial charge in [0, 0.05) is 18.5 Å². The Kier molecular flexibility index (Phi) is 5.65. The minimum Gasteiger partial charge on any atom is -0.469 e. The number of anilines is 1. The van der Waals surface area contributed by atoms with Crippen LogP contribution in [0.4, 0.5) is 5.69 Å². The lowest BCUT2D eigenvalue weighted by molar-refractivity contribution is -0.116. The molecule has 0 saturated carbocycles. The second kappa shape index (κ2) is 8.31. The van der Waals surface area contributed by atoms with E-state index in [4.69, 9.17) is 13.6 Å². The number of rotatable bonds is 7. The number of carbonyl (C=O) groups excluding carboxylic acids is 2. The van der Waals surface area contributed by atoms with Gasteiger partial charge >= 0.3 is 5.97 Å². The molecule has 0 spiro atoms. The van der Waals surface area contributed by atoms with Crippen molar-refractivity contribution in [3.05, 3.63) is 53.8 Å². The van der Waals surface area contributed by atoms with Gasteiger partial charge in [-0.25, -0.2) is 4.79 Å². The van der Waals surface area contributed by atoms with E-state index in [1.54, 1.807) is 50.4 Å². The number of amides is 1. The van der Waals surface area contributed by atoms with Crippen molar-refractivity contribution in [1.29, 1.82) is 0 Å². The van der Waals surface area contributed by atoms with Crippen LogP contribution >= 0.6 is 0 Å². The fourth-order valence-electron chi connectivity index (χ4n) is 2.42. The molecule has 0 bridgehead atoms. The zero-order chi connectivity index (χ0) is 19.2. The number of aromatic nitrogens is 2. The van der Waals surface area contributed by atoms with Gasteiger partial charge in [-0.1, -0.05) is 0 Å². The van der Waals surface area contributed by atoms with Crippen molar-refractivity contribution >= 4 is 17.6 Å². The average Bonchev–Trinajstić information content (AvgIpc) is 3.29. The van der Waals surface area contributed by atoms with Crippen LogP contribution in [0.25, 0.3) is 11.5 Å². The standard InChI is InChI=1S/C19H19N3O5/c1-3-25-19(24)13-4-6-14(7-5-13)20-16(23)8-9-17-21-22-18(27-17)15-10-11-26-12(15)2/h4-7,10-11H,3,8-9H2,1-2H3,(H,20,23). The highest BCUT2D eigenvalue weighted by Crippen LogP contribution is 2.23. The number of ether oxygens (including phenoxy) is 1. The number of benzene rings is 1. The number of aryl methyl sites for hydroxylation is 2. The number of hydrogen-bond donors (Lipinski definition) is 1. The molecule has 140 valence electrons. The smallest absolute Gasteiger partial charge is 0.338 e. The molecule has 8 nitrogen and oxygen atoms in total. The van der Waals surface area contributed by atoms with E-state index in [2.05, 4.69) is 15.5 Å². The van der Waals surface area contributed by atoms with E-state index in [1.165, 1.54) is 0 Å². The van der Waals surface area contributed by atoms with Gasteiger partial charge in [-0.15, -0.1) is 10.2 Å². The summed E-state index contributed by atoms with van der Waals surface area (Å²) in [5.41, 5.74) is 1.76. The summed E-state index contributed by atoms with van der Waals surface area (Å²) in [4.78, 5) is 23.7. The van der Waals surface area contributed by atoms with Gasteiger partial charge in [0.25, 0.3) is 5.89 Å². The van der Waals surface area contributed by atoms with Crippen molar-refractivity contribution in [2.45, 2.75) is 26.7 Å². The Hall–Kier alpha value is -3.42. The summed E-state index contributed by atoms with van der Waals surface area (Å²) in [7, 11) is 0. The zero-order valence-electron chi connectivity index (χ0n) is 15.0. The van der Waals surface area contributed by atoms with Gasteiger partial charge in [0.05, 0.1) is 24.0 Å². The minimum atomic E-state index is -0.393. The summed E-state index contributed by atoms with van der Waals surface area (Å²) in [5.74, 6) is 0.840. The Morgan fingerprint density at radius 2 is 1.93 bits per heavy atom. The van der Waals surface area contributed by atoms with Crippen molar-refractivity contribution in [3.8, 4) is 11.5 Å². The van der Waals surface area contributed by atoms with E-state index in [0.717, 1.165) is 5.56 Å². The van der Waals surface area contributed by atoms with Gasteiger partial charge in [-0.3, -0.25) is 4.79 Å². The summed E-state index contributed by atoms with van der Waals surface area (Å²) >= 11 is 0. The van der Waals surface area contributed by atoms with E-state index in [9.17, 15) is 9.59 Å². The molecule has 0 aliphatic carbocycles. The molecule has 1 aromatic carbocycles. The summed E-state index contributed by atoms with van der Waals surface area (Å²) < 4.78 is 15.7.